The minimum absolute atomic E-state index is 0.0525. The lowest BCUT2D eigenvalue weighted by Gasteiger charge is -1.87. The van der Waals surface area contributed by atoms with Crippen LogP contribution in [-0.4, -0.2) is 4.37 Å². The van der Waals surface area contributed by atoms with E-state index in [4.69, 9.17) is 11.6 Å². The highest BCUT2D eigenvalue weighted by Gasteiger charge is 1.99. The van der Waals surface area contributed by atoms with E-state index in [1.54, 1.807) is 18.2 Å². The molecule has 0 bridgehead atoms. The average molecular weight is 186 g/mol. The largest absolute Gasteiger partial charge is 0.307 e. The molecular weight excluding hydrogens is 182 g/mol. The lowest BCUT2D eigenvalue weighted by molar-refractivity contribution is 1.66. The Morgan fingerprint density at radius 1 is 1.45 bits per heavy atom. The van der Waals surface area contributed by atoms with Crippen LogP contribution in [0.5, 0.6) is 0 Å². The van der Waals surface area contributed by atoms with Gasteiger partial charge >= 0.3 is 0 Å². The number of nitrogens with one attached hydrogen (secondary N) is 1. The Labute approximate surface area is 71.6 Å². The summed E-state index contributed by atoms with van der Waals surface area (Å²) in [7, 11) is 0. The normalized spacial score (nSPS) is 10.6. The molecule has 0 spiro atoms. The summed E-state index contributed by atoms with van der Waals surface area (Å²) in [5.74, 6) is 0. The zero-order valence-corrected chi connectivity index (χ0v) is 7.00. The third-order valence-electron chi connectivity index (χ3n) is 1.46. The summed E-state index contributed by atoms with van der Waals surface area (Å²) in [5.41, 5.74) is 0.813. The first-order chi connectivity index (χ1) is 5.27. The quantitative estimate of drug-likeness (QED) is 0.671. The van der Waals surface area contributed by atoms with Crippen molar-refractivity contribution in [2.75, 3.05) is 0 Å². The molecule has 0 radical (unpaired) electrons. The minimum Gasteiger partial charge on any atom is -0.307 e. The van der Waals surface area contributed by atoms with Crippen molar-refractivity contribution in [2.45, 2.75) is 0 Å². The van der Waals surface area contributed by atoms with E-state index in [2.05, 4.69) is 4.37 Å². The van der Waals surface area contributed by atoms with Gasteiger partial charge in [0, 0.05) is 5.02 Å². The second kappa shape index (κ2) is 2.36. The summed E-state index contributed by atoms with van der Waals surface area (Å²) >= 11 is 6.80. The third kappa shape index (κ3) is 1.06. The van der Waals surface area contributed by atoms with Gasteiger partial charge in [0.15, 0.2) is 0 Å². The number of rotatable bonds is 0. The molecule has 1 N–H and O–H groups in total. The highest BCUT2D eigenvalue weighted by molar-refractivity contribution is 7.04. The topological polar surface area (TPSA) is 32.9 Å². The van der Waals surface area contributed by atoms with E-state index >= 15 is 0 Å². The van der Waals surface area contributed by atoms with Crippen LogP contribution in [0, 0.1) is 0 Å². The van der Waals surface area contributed by atoms with Gasteiger partial charge in [-0.1, -0.05) is 11.6 Å². The molecule has 11 heavy (non-hydrogen) atoms. The molecule has 1 aromatic carbocycles. The Morgan fingerprint density at radius 3 is 3.09 bits per heavy atom. The Kier molecular flexibility index (Phi) is 1.47. The van der Waals surface area contributed by atoms with Crippen molar-refractivity contribution in [3.63, 3.8) is 0 Å². The van der Waals surface area contributed by atoms with Gasteiger partial charge in [-0.3, -0.25) is 4.79 Å². The van der Waals surface area contributed by atoms with Crippen LogP contribution in [0.25, 0.3) is 10.9 Å². The first-order valence-electron chi connectivity index (χ1n) is 3.04. The van der Waals surface area contributed by atoms with Crippen molar-refractivity contribution in [3.05, 3.63) is 32.8 Å². The molecule has 0 aliphatic heterocycles. The van der Waals surface area contributed by atoms with Gasteiger partial charge in [-0.2, -0.15) is 0 Å². The molecule has 0 saturated carbocycles. The molecule has 2 aromatic rings. The van der Waals surface area contributed by atoms with Gasteiger partial charge in [-0.15, -0.1) is 0 Å². The number of hydrogen-bond donors (Lipinski definition) is 1. The van der Waals surface area contributed by atoms with Gasteiger partial charge in [-0.05, 0) is 29.7 Å². The molecular formula is C7H4ClNOS. The summed E-state index contributed by atoms with van der Waals surface area (Å²) in [6.07, 6.45) is 0. The summed E-state index contributed by atoms with van der Waals surface area (Å²) < 4.78 is 2.93. The van der Waals surface area contributed by atoms with Gasteiger partial charge in [0.05, 0.1) is 10.9 Å². The summed E-state index contributed by atoms with van der Waals surface area (Å²) in [5, 5.41) is 1.35. The second-order valence-electron chi connectivity index (χ2n) is 2.18. The first-order valence-corrected chi connectivity index (χ1v) is 4.23. The van der Waals surface area contributed by atoms with Crippen molar-refractivity contribution >= 4 is 34.0 Å². The van der Waals surface area contributed by atoms with Crippen molar-refractivity contribution in [2.24, 2.45) is 0 Å². The van der Waals surface area contributed by atoms with E-state index in [9.17, 15) is 4.79 Å². The lowest BCUT2D eigenvalue weighted by atomic mass is 10.3. The van der Waals surface area contributed by atoms with Crippen LogP contribution >= 0.6 is 23.1 Å². The average Bonchev–Trinajstić information content (AvgIpc) is 2.32. The monoisotopic (exact) mass is 185 g/mol. The molecule has 4 heteroatoms. The molecule has 2 nitrogen and oxygen atoms in total. The number of H-pyrrole nitrogens is 1. The molecule has 0 fully saturated rings. The first kappa shape index (κ1) is 6.88. The molecule has 0 unspecified atom stereocenters. The van der Waals surface area contributed by atoms with Crippen molar-refractivity contribution in [3.8, 4) is 0 Å². The number of aromatic nitrogens is 1. The molecule has 0 aliphatic carbocycles. The van der Waals surface area contributed by atoms with Crippen LogP contribution in [0.2, 0.25) is 5.02 Å². The standard InChI is InChI=1S/C7H4ClNOS/c8-4-1-2-5-6(3-4)9-11-7(5)10/h1-3,9H. The van der Waals surface area contributed by atoms with Crippen LogP contribution < -0.4 is 4.74 Å². The molecule has 0 amide bonds. The van der Waals surface area contributed by atoms with Gasteiger partial charge in [-0.25, -0.2) is 0 Å². The van der Waals surface area contributed by atoms with Gasteiger partial charge in [0.25, 0.3) is 4.74 Å². The van der Waals surface area contributed by atoms with Gasteiger partial charge in [0.1, 0.15) is 0 Å². The molecule has 2 rings (SSSR count). The van der Waals surface area contributed by atoms with Gasteiger partial charge in [0.2, 0.25) is 0 Å². The number of hydrogen-bond acceptors (Lipinski definition) is 2. The Balaban J connectivity index is 2.97. The highest BCUT2D eigenvalue weighted by Crippen LogP contribution is 2.15. The van der Waals surface area contributed by atoms with E-state index in [-0.39, 0.29) is 4.74 Å². The summed E-state index contributed by atoms with van der Waals surface area (Å²) in [6.45, 7) is 0. The second-order valence-corrected chi connectivity index (χ2v) is 3.40. The molecule has 0 aliphatic rings. The highest BCUT2D eigenvalue weighted by atomic mass is 35.5. The fourth-order valence-corrected chi connectivity index (χ4v) is 1.77. The van der Waals surface area contributed by atoms with Crippen molar-refractivity contribution in [1.29, 1.82) is 0 Å². The van der Waals surface area contributed by atoms with E-state index in [0.717, 1.165) is 17.0 Å². The van der Waals surface area contributed by atoms with E-state index in [0.29, 0.717) is 10.4 Å². The molecule has 1 heterocycles. The molecule has 1 aromatic heterocycles. The summed E-state index contributed by atoms with van der Waals surface area (Å²) in [4.78, 5) is 11.0. The fourth-order valence-electron chi connectivity index (χ4n) is 0.935. The maximum absolute atomic E-state index is 11.0. The summed E-state index contributed by atoms with van der Waals surface area (Å²) in [6, 6.07) is 5.19. The van der Waals surface area contributed by atoms with Gasteiger partial charge < -0.3 is 4.37 Å². The van der Waals surface area contributed by atoms with Crippen LogP contribution in [0.4, 0.5) is 0 Å². The zero-order chi connectivity index (χ0) is 7.84. The lowest BCUT2D eigenvalue weighted by Crippen LogP contribution is -1.85. The van der Waals surface area contributed by atoms with Crippen LogP contribution in [0.15, 0.2) is 23.0 Å². The Morgan fingerprint density at radius 2 is 2.27 bits per heavy atom. The van der Waals surface area contributed by atoms with Crippen molar-refractivity contribution in [1.82, 2.24) is 4.37 Å². The third-order valence-corrected chi connectivity index (χ3v) is 2.42. The minimum atomic E-state index is 0.0525. The predicted octanol–water partition coefficient (Wildman–Crippen LogP) is 2.24. The molecule has 0 atom stereocenters. The van der Waals surface area contributed by atoms with Crippen LogP contribution in [-0.2, 0) is 0 Å². The zero-order valence-electron chi connectivity index (χ0n) is 5.43. The number of aromatic amines is 1. The van der Waals surface area contributed by atoms with Crippen LogP contribution in [0.1, 0.15) is 0 Å². The maximum atomic E-state index is 11.0. The van der Waals surface area contributed by atoms with E-state index in [1.807, 2.05) is 0 Å². The van der Waals surface area contributed by atoms with Crippen LogP contribution in [0.3, 0.4) is 0 Å². The number of benzene rings is 1. The maximum Gasteiger partial charge on any atom is 0.257 e. The molecule has 56 valence electrons. The van der Waals surface area contributed by atoms with Crippen molar-refractivity contribution < 1.29 is 0 Å². The number of fused-ring (bicyclic) bond motifs is 1. The van der Waals surface area contributed by atoms with E-state index < -0.39 is 0 Å². The Bertz CT molecular complexity index is 445. The molecule has 0 saturated heterocycles. The Hall–Kier alpha value is -0.800. The number of halogens is 1. The smallest absolute Gasteiger partial charge is 0.257 e. The fraction of sp³-hybridized carbons (Fsp3) is 0. The predicted molar refractivity (Wildman–Crippen MR) is 47.5 cm³/mol. The van der Waals surface area contributed by atoms with E-state index in [1.165, 1.54) is 0 Å². The SMILES string of the molecule is O=c1s[nH]c2cc(Cl)ccc12.